The van der Waals surface area contributed by atoms with Gasteiger partial charge in [-0.05, 0) is 130 Å². The van der Waals surface area contributed by atoms with Gasteiger partial charge < -0.3 is 38.9 Å². The predicted molar refractivity (Wildman–Crippen MR) is 253 cm³/mol. The molecule has 11 N–H and O–H groups in total. The average Bonchev–Trinajstić information content (AvgIpc) is 3.20. The fourth-order valence-electron chi connectivity index (χ4n) is 8.39. The third-order valence-electron chi connectivity index (χ3n) is 11.9. The van der Waals surface area contributed by atoms with Crippen molar-refractivity contribution < 1.29 is 16.8 Å². The second-order valence-corrected chi connectivity index (χ2v) is 21.9. The second kappa shape index (κ2) is 39.5. The maximum atomic E-state index is 14.3. The van der Waals surface area contributed by atoms with Crippen LogP contribution in [0.1, 0.15) is 200 Å². The van der Waals surface area contributed by atoms with Crippen molar-refractivity contribution in [3.05, 3.63) is 0 Å². The minimum atomic E-state index is -3.74. The summed E-state index contributed by atoms with van der Waals surface area (Å²) in [5.74, 6) is 0.0228. The molecule has 0 aliphatic carbocycles. The largest absolute Gasteiger partial charge is 0.330 e. The van der Waals surface area contributed by atoms with E-state index < -0.39 is 35.7 Å². The number of rotatable bonds is 47. The summed E-state index contributed by atoms with van der Waals surface area (Å²) in [6.45, 7) is 10.9. The summed E-state index contributed by atoms with van der Waals surface area (Å²) in [7, 11) is -7.47. The lowest BCUT2D eigenvalue weighted by molar-refractivity contribution is 0.317. The summed E-state index contributed by atoms with van der Waals surface area (Å²) in [5.41, 5.74) is 23.6. The van der Waals surface area contributed by atoms with Crippen LogP contribution in [0.3, 0.4) is 0 Å². The molecule has 0 rings (SSSR count). The lowest BCUT2D eigenvalue weighted by atomic mass is 9.83. The SMILES string of the molecule is CCCCCCCCCCCCS(=O)(=O)C(CCN)C(N)(CCCNCCCNCCCCNCCCCN)C(CCN)S(=O)(=O)CCCCCCCCCCCC. The molecule has 0 aromatic carbocycles. The molecule has 350 valence electrons. The molecule has 0 heterocycles. The highest BCUT2D eigenvalue weighted by Crippen LogP contribution is 2.34. The van der Waals surface area contributed by atoms with E-state index in [0.717, 1.165) is 110 Å². The third kappa shape index (κ3) is 29.8. The maximum Gasteiger partial charge on any atom is 0.155 e. The standard InChI is InChI=1S/C45H99N7O4S2/c1-3-5-7-9-11-13-15-17-19-25-41-57(53,54)43(29-33-47)45(49,31-27-38-52-40-28-39-51-37-24-23-36-50-35-22-21-32-46)44(30-34-48)58(55,56)42-26-20-18-16-14-12-10-8-6-4-2/h43-44,50-52H,3-42,46-49H2,1-2H3. The second-order valence-electron chi connectivity index (χ2n) is 17.3. The predicted octanol–water partition coefficient (Wildman–Crippen LogP) is 7.25. The summed E-state index contributed by atoms with van der Waals surface area (Å²) >= 11 is 0. The lowest BCUT2D eigenvalue weighted by Crippen LogP contribution is -2.65. The number of nitrogens with two attached hydrogens (primary N) is 4. The first kappa shape index (κ1) is 57.6. The van der Waals surface area contributed by atoms with Crippen molar-refractivity contribution in [1.82, 2.24) is 16.0 Å². The summed E-state index contributed by atoms with van der Waals surface area (Å²) in [5, 5.41) is 8.42. The van der Waals surface area contributed by atoms with Crippen LogP contribution in [0.5, 0.6) is 0 Å². The molecule has 0 radical (unpaired) electrons. The molecule has 0 aliphatic rings. The molecule has 0 fully saturated rings. The van der Waals surface area contributed by atoms with Crippen LogP contribution in [-0.4, -0.2) is 103 Å². The zero-order valence-corrected chi connectivity index (χ0v) is 39.8. The Balaban J connectivity index is 5.44. The van der Waals surface area contributed by atoms with Crippen LogP contribution in [-0.2, 0) is 19.7 Å². The van der Waals surface area contributed by atoms with E-state index in [1.54, 1.807) is 0 Å². The van der Waals surface area contributed by atoms with E-state index in [-0.39, 0.29) is 43.9 Å². The first-order valence-electron chi connectivity index (χ1n) is 24.5. The van der Waals surface area contributed by atoms with E-state index in [4.69, 9.17) is 22.9 Å². The Hall–Kier alpha value is -0.380. The Morgan fingerprint density at radius 1 is 0.397 bits per heavy atom. The minimum Gasteiger partial charge on any atom is -0.330 e. The van der Waals surface area contributed by atoms with Crippen LogP contribution in [0.2, 0.25) is 0 Å². The highest BCUT2D eigenvalue weighted by atomic mass is 32.2. The van der Waals surface area contributed by atoms with Crippen molar-refractivity contribution in [1.29, 1.82) is 0 Å². The fourth-order valence-corrected chi connectivity index (χ4v) is 13.2. The van der Waals surface area contributed by atoms with Gasteiger partial charge in [-0.1, -0.05) is 129 Å². The van der Waals surface area contributed by atoms with Crippen LogP contribution in [0.15, 0.2) is 0 Å². The van der Waals surface area contributed by atoms with Crippen LogP contribution in [0.4, 0.5) is 0 Å². The van der Waals surface area contributed by atoms with Gasteiger partial charge in [0.1, 0.15) is 0 Å². The van der Waals surface area contributed by atoms with Crippen molar-refractivity contribution in [2.24, 2.45) is 22.9 Å². The molecular weight excluding hydrogens is 767 g/mol. The molecule has 0 aromatic rings. The first-order valence-corrected chi connectivity index (χ1v) is 27.9. The van der Waals surface area contributed by atoms with Crippen molar-refractivity contribution >= 4 is 19.7 Å². The number of sulfone groups is 2. The van der Waals surface area contributed by atoms with Crippen LogP contribution in [0, 0.1) is 0 Å². The van der Waals surface area contributed by atoms with Crippen LogP contribution in [0.25, 0.3) is 0 Å². The topological polar surface area (TPSA) is 208 Å². The van der Waals surface area contributed by atoms with E-state index in [9.17, 15) is 16.8 Å². The summed E-state index contributed by atoms with van der Waals surface area (Å²) in [6.07, 6.45) is 28.7. The molecule has 0 spiro atoms. The van der Waals surface area contributed by atoms with Crippen LogP contribution >= 0.6 is 0 Å². The van der Waals surface area contributed by atoms with Crippen molar-refractivity contribution in [2.75, 3.05) is 70.4 Å². The van der Waals surface area contributed by atoms with Gasteiger partial charge in [-0.2, -0.15) is 0 Å². The highest BCUT2D eigenvalue weighted by molar-refractivity contribution is 7.93. The Bertz CT molecular complexity index is 1030. The Kier molecular flexibility index (Phi) is 39.2. The summed E-state index contributed by atoms with van der Waals surface area (Å²) < 4.78 is 57.0. The van der Waals surface area contributed by atoms with Crippen molar-refractivity contribution in [3.8, 4) is 0 Å². The Morgan fingerprint density at radius 3 is 1.05 bits per heavy atom. The van der Waals surface area contributed by atoms with Gasteiger partial charge in [0.05, 0.1) is 22.0 Å². The number of nitrogens with one attached hydrogen (secondary N) is 3. The van der Waals surface area contributed by atoms with E-state index >= 15 is 0 Å². The van der Waals surface area contributed by atoms with Crippen molar-refractivity contribution in [2.45, 2.75) is 216 Å². The van der Waals surface area contributed by atoms with E-state index in [1.165, 1.54) is 77.0 Å². The maximum absolute atomic E-state index is 14.3. The minimum absolute atomic E-state index is 0.0114. The molecular formula is C45H99N7O4S2. The molecule has 2 atom stereocenters. The molecule has 0 bridgehead atoms. The molecule has 58 heavy (non-hydrogen) atoms. The zero-order valence-electron chi connectivity index (χ0n) is 38.2. The zero-order chi connectivity index (χ0) is 43.1. The average molecular weight is 866 g/mol. The lowest BCUT2D eigenvalue weighted by Gasteiger charge is -2.43. The Labute approximate surface area is 360 Å². The third-order valence-corrected chi connectivity index (χ3v) is 16.7. The van der Waals surface area contributed by atoms with Gasteiger partial charge in [0.2, 0.25) is 0 Å². The molecule has 0 amide bonds. The molecule has 0 aromatic heterocycles. The number of hydrogen-bond acceptors (Lipinski definition) is 11. The number of unbranched alkanes of at least 4 members (excludes halogenated alkanes) is 20. The smallest absolute Gasteiger partial charge is 0.155 e. The fraction of sp³-hybridized carbons (Fsp3) is 1.00. The molecule has 11 nitrogen and oxygen atoms in total. The summed E-state index contributed by atoms with van der Waals surface area (Å²) in [4.78, 5) is 0. The Morgan fingerprint density at radius 2 is 0.707 bits per heavy atom. The molecule has 0 saturated carbocycles. The van der Waals surface area contributed by atoms with E-state index in [1.807, 2.05) is 0 Å². The van der Waals surface area contributed by atoms with Gasteiger partial charge in [0, 0.05) is 5.54 Å². The van der Waals surface area contributed by atoms with Gasteiger partial charge in [-0.25, -0.2) is 16.8 Å². The van der Waals surface area contributed by atoms with E-state index in [0.29, 0.717) is 25.8 Å². The van der Waals surface area contributed by atoms with Gasteiger partial charge in [-0.15, -0.1) is 0 Å². The highest BCUT2D eigenvalue weighted by Gasteiger charge is 2.51. The number of hydrogen-bond donors (Lipinski definition) is 7. The molecule has 2 unspecified atom stereocenters. The summed E-state index contributed by atoms with van der Waals surface area (Å²) in [6, 6.07) is 0. The van der Waals surface area contributed by atoms with Gasteiger partial charge >= 0.3 is 0 Å². The quantitative estimate of drug-likeness (QED) is 0.0303. The normalized spacial score (nSPS) is 14.5. The first-order chi connectivity index (χ1) is 28.1. The molecule has 0 aliphatic heterocycles. The van der Waals surface area contributed by atoms with Gasteiger partial charge in [-0.3, -0.25) is 0 Å². The monoisotopic (exact) mass is 866 g/mol. The van der Waals surface area contributed by atoms with Crippen molar-refractivity contribution in [3.63, 3.8) is 0 Å². The molecule has 13 heteroatoms. The van der Waals surface area contributed by atoms with Gasteiger partial charge in [0.15, 0.2) is 19.7 Å². The molecule has 0 saturated heterocycles. The van der Waals surface area contributed by atoms with E-state index in [2.05, 4.69) is 29.8 Å². The van der Waals surface area contributed by atoms with Gasteiger partial charge in [0.25, 0.3) is 0 Å². The van der Waals surface area contributed by atoms with Crippen LogP contribution < -0.4 is 38.9 Å².